The largest absolute Gasteiger partial charge is 1.00 e. The average molecular weight is 498 g/mol. The highest BCUT2D eigenvalue weighted by molar-refractivity contribution is 7.95. The van der Waals surface area contributed by atoms with Crippen molar-refractivity contribution in [2.45, 2.75) is 19.8 Å². The lowest BCUT2D eigenvalue weighted by Gasteiger charge is -2.27. The van der Waals surface area contributed by atoms with Gasteiger partial charge in [-0.1, -0.05) is 78.9 Å². The first kappa shape index (κ1) is 22.6. The minimum absolute atomic E-state index is 0. The summed E-state index contributed by atoms with van der Waals surface area (Å²) in [5.41, 5.74) is 0. The van der Waals surface area contributed by atoms with Crippen LogP contribution in [-0.2, 0) is 0 Å². The lowest BCUT2D eigenvalue weighted by molar-refractivity contribution is -0.00000532. The van der Waals surface area contributed by atoms with Crippen molar-refractivity contribution < 1.29 is 24.0 Å². The van der Waals surface area contributed by atoms with Gasteiger partial charge in [0, 0.05) is 6.42 Å². The summed E-state index contributed by atoms with van der Waals surface area (Å²) >= 11 is 0. The van der Waals surface area contributed by atoms with Crippen molar-refractivity contribution >= 4 is 23.2 Å². The molecule has 0 bridgehead atoms. The van der Waals surface area contributed by atoms with E-state index < -0.39 is 7.26 Å². The van der Waals surface area contributed by atoms with E-state index in [0.29, 0.717) is 0 Å². The van der Waals surface area contributed by atoms with Crippen LogP contribution in [0, 0.1) is 0 Å². The van der Waals surface area contributed by atoms with Crippen molar-refractivity contribution in [3.8, 4) is 0 Å². The minimum Gasteiger partial charge on any atom is -1.00 e. The molecule has 28 heavy (non-hydrogen) atoms. The zero-order chi connectivity index (χ0) is 18.8. The second-order valence-electron chi connectivity index (χ2n) is 6.60. The van der Waals surface area contributed by atoms with Crippen LogP contribution in [-0.4, -0.2) is 6.16 Å². The number of rotatable bonds is 8. The first-order valence-corrected chi connectivity index (χ1v) is 11.7. The molecule has 0 radical (unpaired) electrons. The van der Waals surface area contributed by atoms with Crippen LogP contribution in [0.25, 0.3) is 0 Å². The molecule has 0 aliphatic carbocycles. The molecule has 0 heterocycles. The van der Waals surface area contributed by atoms with Gasteiger partial charge in [-0.2, -0.15) is 0 Å². The predicted octanol–water partition coefficient (Wildman–Crippen LogP) is 2.90. The fraction of sp³-hybridized carbons (Fsp3) is 0.154. The highest BCUT2D eigenvalue weighted by Gasteiger charge is 2.44. The van der Waals surface area contributed by atoms with Crippen molar-refractivity contribution in [3.63, 3.8) is 0 Å². The third-order valence-electron chi connectivity index (χ3n) is 4.90. The predicted molar refractivity (Wildman–Crippen MR) is 123 cm³/mol. The Morgan fingerprint density at radius 2 is 1.04 bits per heavy atom. The molecule has 0 saturated heterocycles. The maximum atomic E-state index is 2.35. The zero-order valence-corrected chi connectivity index (χ0v) is 19.5. The molecule has 0 aliphatic rings. The lowest BCUT2D eigenvalue weighted by atomic mass is 10.3. The van der Waals surface area contributed by atoms with Gasteiger partial charge in [0.1, 0.15) is 23.2 Å². The van der Waals surface area contributed by atoms with Crippen molar-refractivity contribution in [3.05, 3.63) is 115 Å². The van der Waals surface area contributed by atoms with Gasteiger partial charge in [-0.25, -0.2) is 0 Å². The molecular weight excluding hydrogens is 470 g/mol. The van der Waals surface area contributed by atoms with E-state index in [1.54, 1.807) is 0 Å². The van der Waals surface area contributed by atoms with Crippen LogP contribution in [0.4, 0.5) is 0 Å². The van der Waals surface area contributed by atoms with Crippen LogP contribution in [0.1, 0.15) is 19.8 Å². The van der Waals surface area contributed by atoms with Gasteiger partial charge in [-0.05, 0) is 49.7 Å². The first-order chi connectivity index (χ1) is 13.4. The van der Waals surface area contributed by atoms with Crippen LogP contribution in [0.3, 0.4) is 0 Å². The third kappa shape index (κ3) is 5.43. The maximum absolute atomic E-state index is 2.35. The van der Waals surface area contributed by atoms with Crippen LogP contribution in [0.5, 0.6) is 0 Å². The Kier molecular flexibility index (Phi) is 9.67. The molecule has 0 nitrogen and oxygen atoms in total. The Labute approximate surface area is 187 Å². The molecule has 0 amide bonds. The molecule has 0 aliphatic heterocycles. The topological polar surface area (TPSA) is 0 Å². The van der Waals surface area contributed by atoms with Crippen LogP contribution >= 0.6 is 7.26 Å². The molecule has 2 heteroatoms. The summed E-state index contributed by atoms with van der Waals surface area (Å²) in [6.45, 7) is 2.07. The van der Waals surface area contributed by atoms with E-state index in [0.717, 1.165) is 19.0 Å². The molecule has 0 fully saturated rings. The van der Waals surface area contributed by atoms with Gasteiger partial charge in [0.25, 0.3) is 0 Å². The SMILES string of the molecule is C/C=C\C/C=C\CC[P+](c1ccccc1)(c1ccccc1)c1ccccc1.[I-]. The molecule has 3 aromatic rings. The normalized spacial score (nSPS) is 11.6. The highest BCUT2D eigenvalue weighted by Crippen LogP contribution is 2.55. The summed E-state index contributed by atoms with van der Waals surface area (Å²) in [4.78, 5) is 0. The number of benzene rings is 3. The van der Waals surface area contributed by atoms with Gasteiger partial charge in [0.05, 0.1) is 6.16 Å². The smallest absolute Gasteiger partial charge is 0.112 e. The Morgan fingerprint density at radius 1 is 0.607 bits per heavy atom. The number of allylic oxidation sites excluding steroid dienone is 4. The van der Waals surface area contributed by atoms with Crippen LogP contribution in [0.15, 0.2) is 115 Å². The molecule has 3 aromatic carbocycles. The number of hydrogen-bond acceptors (Lipinski definition) is 0. The van der Waals surface area contributed by atoms with Crippen LogP contribution < -0.4 is 39.9 Å². The summed E-state index contributed by atoms with van der Waals surface area (Å²) in [7, 11) is -1.68. The third-order valence-corrected chi connectivity index (χ3v) is 9.36. The monoisotopic (exact) mass is 498 g/mol. The molecule has 0 unspecified atom stereocenters. The van der Waals surface area contributed by atoms with Crippen LogP contribution in [0.2, 0.25) is 0 Å². The van der Waals surface area contributed by atoms with Gasteiger partial charge in [0.2, 0.25) is 0 Å². The van der Waals surface area contributed by atoms with Crippen molar-refractivity contribution in [1.29, 1.82) is 0 Å². The van der Waals surface area contributed by atoms with Gasteiger partial charge < -0.3 is 24.0 Å². The Balaban J connectivity index is 0.00000280. The molecular formula is C26H28IP. The number of hydrogen-bond donors (Lipinski definition) is 0. The quantitative estimate of drug-likeness (QED) is 0.255. The van der Waals surface area contributed by atoms with Gasteiger partial charge in [-0.3, -0.25) is 0 Å². The first-order valence-electron chi connectivity index (χ1n) is 9.69. The Morgan fingerprint density at radius 3 is 1.43 bits per heavy atom. The average Bonchev–Trinajstić information content (AvgIpc) is 2.75. The molecule has 0 spiro atoms. The molecule has 0 N–H and O–H groups in total. The van der Waals surface area contributed by atoms with Crippen molar-refractivity contribution in [2.75, 3.05) is 6.16 Å². The maximum Gasteiger partial charge on any atom is 0.112 e. The van der Waals surface area contributed by atoms with Crippen molar-refractivity contribution in [2.24, 2.45) is 0 Å². The van der Waals surface area contributed by atoms with E-state index in [2.05, 4.69) is 122 Å². The van der Waals surface area contributed by atoms with Crippen molar-refractivity contribution in [1.82, 2.24) is 0 Å². The summed E-state index contributed by atoms with van der Waals surface area (Å²) in [6, 6.07) is 33.3. The number of halogens is 1. The van der Waals surface area contributed by atoms with Gasteiger partial charge in [0.15, 0.2) is 0 Å². The highest BCUT2D eigenvalue weighted by atomic mass is 127. The second-order valence-corrected chi connectivity index (χ2v) is 10.2. The van der Waals surface area contributed by atoms with E-state index in [1.807, 2.05) is 0 Å². The van der Waals surface area contributed by atoms with E-state index in [4.69, 9.17) is 0 Å². The van der Waals surface area contributed by atoms with E-state index >= 15 is 0 Å². The Bertz CT molecular complexity index is 758. The summed E-state index contributed by atoms with van der Waals surface area (Å²) in [5, 5.41) is 4.39. The molecule has 0 saturated carbocycles. The summed E-state index contributed by atoms with van der Waals surface area (Å²) in [6.07, 6.45) is 12.2. The van der Waals surface area contributed by atoms with E-state index in [-0.39, 0.29) is 24.0 Å². The van der Waals surface area contributed by atoms with E-state index in [9.17, 15) is 0 Å². The lowest BCUT2D eigenvalue weighted by Crippen LogP contribution is -3.00. The fourth-order valence-corrected chi connectivity index (χ4v) is 7.83. The second kappa shape index (κ2) is 12.0. The summed E-state index contributed by atoms with van der Waals surface area (Å²) < 4.78 is 0. The standard InChI is InChI=1S/C26H28P.HI/c1-2-3-4-5-6-16-23-27(24-17-10-7-11-18-24,25-19-12-8-13-20-25)26-21-14-9-15-22-26;/h2-3,5-15,17-22H,4,16,23H2,1H3;1H/q+1;/p-1/b3-2-,6-5-;. The summed E-state index contributed by atoms with van der Waals surface area (Å²) in [5.74, 6) is 0. The molecule has 0 atom stereocenters. The van der Waals surface area contributed by atoms with Gasteiger partial charge >= 0.3 is 0 Å². The molecule has 0 aromatic heterocycles. The zero-order valence-electron chi connectivity index (χ0n) is 16.4. The molecule has 3 rings (SSSR count). The fourth-order valence-electron chi connectivity index (χ4n) is 3.58. The van der Waals surface area contributed by atoms with E-state index in [1.165, 1.54) is 15.9 Å². The molecule has 144 valence electrons. The van der Waals surface area contributed by atoms with Gasteiger partial charge in [-0.15, -0.1) is 0 Å². The minimum atomic E-state index is -1.68. The Hall–Kier alpha value is -1.70.